The Bertz CT molecular complexity index is 1110. The van der Waals surface area contributed by atoms with Crippen LogP contribution in [0.5, 0.6) is 5.75 Å². The number of aromatic nitrogens is 1. The van der Waals surface area contributed by atoms with Gasteiger partial charge in [-0.1, -0.05) is 23.7 Å². The number of hydrogen-bond donors (Lipinski definition) is 3. The molecule has 3 N–H and O–H groups in total. The summed E-state index contributed by atoms with van der Waals surface area (Å²) in [5, 5.41) is 14.4. The molecule has 0 aliphatic carbocycles. The summed E-state index contributed by atoms with van der Waals surface area (Å²) in [5.41, 5.74) is 3.77. The van der Waals surface area contributed by atoms with Crippen molar-refractivity contribution >= 4 is 34.3 Å². The van der Waals surface area contributed by atoms with Crippen molar-refractivity contribution < 1.29 is 14.7 Å². The van der Waals surface area contributed by atoms with Crippen LogP contribution in [-0.2, 0) is 16.0 Å². The first kappa shape index (κ1) is 19.3. The van der Waals surface area contributed by atoms with E-state index in [-0.39, 0.29) is 17.6 Å². The van der Waals surface area contributed by atoms with Crippen molar-refractivity contribution in [1.82, 2.24) is 15.2 Å². The van der Waals surface area contributed by atoms with Crippen LogP contribution in [0.1, 0.15) is 36.7 Å². The highest BCUT2D eigenvalue weighted by Crippen LogP contribution is 2.40. The zero-order valence-corrected chi connectivity index (χ0v) is 17.0. The maximum Gasteiger partial charge on any atom is 0.245 e. The Hall–Kier alpha value is -2.99. The highest BCUT2D eigenvalue weighted by molar-refractivity contribution is 6.31. The maximum atomic E-state index is 13.2. The quantitative estimate of drug-likeness (QED) is 0.616. The molecule has 3 aromatic rings. The normalized spacial score (nSPS) is 17.1. The lowest BCUT2D eigenvalue weighted by molar-refractivity contribution is -0.137. The average Bonchev–Trinajstić information content (AvgIpc) is 3.03. The zero-order valence-electron chi connectivity index (χ0n) is 16.2. The van der Waals surface area contributed by atoms with Gasteiger partial charge in [0, 0.05) is 35.1 Å². The summed E-state index contributed by atoms with van der Waals surface area (Å²) in [7, 11) is 0. The second-order valence-electron chi connectivity index (χ2n) is 7.41. The molecule has 1 aliphatic heterocycles. The number of carbonyl (C=O) groups excluding carboxylic acids is 2. The lowest BCUT2D eigenvalue weighted by Crippen LogP contribution is -2.50. The lowest BCUT2D eigenvalue weighted by atomic mass is 9.91. The number of halogens is 1. The van der Waals surface area contributed by atoms with Gasteiger partial charge in [0.1, 0.15) is 11.8 Å². The van der Waals surface area contributed by atoms with Gasteiger partial charge in [-0.25, -0.2) is 0 Å². The number of carbonyl (C=O) groups is 2. The molecule has 0 bridgehead atoms. The highest BCUT2D eigenvalue weighted by Gasteiger charge is 2.36. The Balaban J connectivity index is 1.84. The number of benzene rings is 2. The molecule has 0 fully saturated rings. The zero-order chi connectivity index (χ0) is 20.7. The number of hydrogen-bond acceptors (Lipinski definition) is 3. The fourth-order valence-corrected chi connectivity index (χ4v) is 4.33. The van der Waals surface area contributed by atoms with Crippen molar-refractivity contribution in [3.8, 4) is 5.75 Å². The van der Waals surface area contributed by atoms with Crippen molar-refractivity contribution in [2.24, 2.45) is 0 Å². The molecule has 0 saturated heterocycles. The van der Waals surface area contributed by atoms with E-state index in [1.54, 1.807) is 30.0 Å². The number of nitrogens with zero attached hydrogens (tertiary/aromatic N) is 1. The van der Waals surface area contributed by atoms with E-state index in [9.17, 15) is 14.7 Å². The molecule has 6 nitrogen and oxygen atoms in total. The van der Waals surface area contributed by atoms with Crippen molar-refractivity contribution in [3.05, 3.63) is 64.3 Å². The summed E-state index contributed by atoms with van der Waals surface area (Å²) in [6, 6.07) is 11.6. The number of phenolic OH excluding ortho intramolecular Hbond substituents is 1. The molecular weight excluding hydrogens is 390 g/mol. The van der Waals surface area contributed by atoms with E-state index in [0.29, 0.717) is 18.0 Å². The molecule has 150 valence electrons. The van der Waals surface area contributed by atoms with Gasteiger partial charge in [-0.3, -0.25) is 9.59 Å². The summed E-state index contributed by atoms with van der Waals surface area (Å²) >= 11 is 6.21. The predicted molar refractivity (Wildman–Crippen MR) is 112 cm³/mol. The van der Waals surface area contributed by atoms with E-state index in [1.165, 1.54) is 6.92 Å². The van der Waals surface area contributed by atoms with Gasteiger partial charge in [-0.2, -0.15) is 0 Å². The summed E-state index contributed by atoms with van der Waals surface area (Å²) < 4.78 is 0. The largest absolute Gasteiger partial charge is 0.508 e. The molecule has 4 rings (SSSR count). The van der Waals surface area contributed by atoms with Crippen LogP contribution >= 0.6 is 11.6 Å². The van der Waals surface area contributed by atoms with Gasteiger partial charge in [0.25, 0.3) is 0 Å². The molecule has 0 spiro atoms. The van der Waals surface area contributed by atoms with E-state index >= 15 is 0 Å². The number of fused-ring (bicyclic) bond motifs is 3. The number of amides is 2. The topological polar surface area (TPSA) is 85.4 Å². The van der Waals surface area contributed by atoms with E-state index in [2.05, 4.69) is 10.3 Å². The third-order valence-electron chi connectivity index (χ3n) is 5.35. The molecule has 0 radical (unpaired) electrons. The Morgan fingerprint density at radius 3 is 2.79 bits per heavy atom. The molecule has 29 heavy (non-hydrogen) atoms. The van der Waals surface area contributed by atoms with Crippen LogP contribution in [0.3, 0.4) is 0 Å². The maximum absolute atomic E-state index is 13.2. The van der Waals surface area contributed by atoms with Crippen molar-refractivity contribution in [2.45, 2.75) is 32.4 Å². The van der Waals surface area contributed by atoms with E-state index < -0.39 is 12.1 Å². The first-order chi connectivity index (χ1) is 13.8. The average molecular weight is 412 g/mol. The summed E-state index contributed by atoms with van der Waals surface area (Å²) in [6.07, 6.45) is 0.670. The number of H-pyrrole nitrogens is 1. The molecule has 2 aromatic carbocycles. The van der Waals surface area contributed by atoms with Crippen LogP contribution in [0, 0.1) is 0 Å². The third kappa shape index (κ3) is 3.56. The molecule has 2 amide bonds. The summed E-state index contributed by atoms with van der Waals surface area (Å²) in [5.74, 6) is -0.287. The first-order valence-corrected chi connectivity index (χ1v) is 9.89. The molecule has 1 aliphatic rings. The van der Waals surface area contributed by atoms with Crippen molar-refractivity contribution in [2.75, 3.05) is 6.54 Å². The standard InChI is InChI=1S/C22H22ClN3O3/c1-12(24-13(2)27)22(29)26-9-8-17-18-11-15(23)6-7-19(18)25-20(17)21(26)14-4-3-5-16(28)10-14/h3-7,10-12,21,25,28H,8-9H2,1-2H3,(H,24,27). The minimum Gasteiger partial charge on any atom is -0.508 e. The third-order valence-corrected chi connectivity index (χ3v) is 5.58. The van der Waals surface area contributed by atoms with Crippen LogP contribution in [0.2, 0.25) is 5.02 Å². The minimum absolute atomic E-state index is 0.135. The number of nitrogens with one attached hydrogen (secondary N) is 2. The SMILES string of the molecule is CC(=O)NC(C)C(=O)N1CCc2c([nH]c3ccc(Cl)cc23)C1c1cccc(O)c1. The molecule has 2 heterocycles. The highest BCUT2D eigenvalue weighted by atomic mass is 35.5. The van der Waals surface area contributed by atoms with E-state index in [4.69, 9.17) is 11.6 Å². The first-order valence-electron chi connectivity index (χ1n) is 9.51. The molecule has 1 aromatic heterocycles. The predicted octanol–water partition coefficient (Wildman–Crippen LogP) is 3.53. The van der Waals surface area contributed by atoms with Gasteiger partial charge in [0.2, 0.25) is 11.8 Å². The van der Waals surface area contributed by atoms with Crippen molar-refractivity contribution in [1.29, 1.82) is 0 Å². The number of rotatable bonds is 3. The molecule has 7 heteroatoms. The van der Waals surface area contributed by atoms with Gasteiger partial charge >= 0.3 is 0 Å². The fraction of sp³-hybridized carbons (Fsp3) is 0.273. The monoisotopic (exact) mass is 411 g/mol. The van der Waals surface area contributed by atoms with Gasteiger partial charge in [0.15, 0.2) is 0 Å². The molecule has 2 atom stereocenters. The van der Waals surface area contributed by atoms with E-state index in [1.807, 2.05) is 24.3 Å². The van der Waals surface area contributed by atoms with E-state index in [0.717, 1.165) is 27.7 Å². The van der Waals surface area contributed by atoms with Gasteiger partial charge in [0.05, 0.1) is 6.04 Å². The number of aromatic hydroxyl groups is 1. The lowest BCUT2D eigenvalue weighted by Gasteiger charge is -2.37. The number of phenols is 1. The van der Waals surface area contributed by atoms with Crippen LogP contribution in [0.25, 0.3) is 10.9 Å². The van der Waals surface area contributed by atoms with Crippen LogP contribution in [0.15, 0.2) is 42.5 Å². The fourth-order valence-electron chi connectivity index (χ4n) is 4.15. The van der Waals surface area contributed by atoms with Gasteiger partial charge in [-0.05, 0) is 54.8 Å². The number of aromatic amines is 1. The molecule has 0 saturated carbocycles. The van der Waals surface area contributed by atoms with Crippen LogP contribution in [0.4, 0.5) is 0 Å². The molecular formula is C22H22ClN3O3. The Morgan fingerprint density at radius 2 is 2.07 bits per heavy atom. The van der Waals surface area contributed by atoms with Crippen LogP contribution in [-0.4, -0.2) is 39.4 Å². The Kier molecular flexibility index (Phi) is 4.96. The molecule has 2 unspecified atom stereocenters. The summed E-state index contributed by atoms with van der Waals surface area (Å²) in [6.45, 7) is 3.57. The smallest absolute Gasteiger partial charge is 0.245 e. The van der Waals surface area contributed by atoms with Gasteiger partial charge in [-0.15, -0.1) is 0 Å². The second-order valence-corrected chi connectivity index (χ2v) is 7.84. The Labute approximate surface area is 173 Å². The van der Waals surface area contributed by atoms with Crippen LogP contribution < -0.4 is 5.32 Å². The second kappa shape index (κ2) is 7.44. The van der Waals surface area contributed by atoms with Crippen molar-refractivity contribution in [3.63, 3.8) is 0 Å². The summed E-state index contributed by atoms with van der Waals surface area (Å²) in [4.78, 5) is 29.9. The van der Waals surface area contributed by atoms with Gasteiger partial charge < -0.3 is 20.3 Å². The Morgan fingerprint density at radius 1 is 1.28 bits per heavy atom. The minimum atomic E-state index is -0.646.